The first-order valence-corrected chi connectivity index (χ1v) is 10.2. The maximum absolute atomic E-state index is 12.2. The second-order valence-corrected chi connectivity index (χ2v) is 9.88. The number of nitrogens with zero attached hydrogens (tertiary/aromatic N) is 2. The lowest BCUT2D eigenvalue weighted by Gasteiger charge is -2.49. The molecular formula is C21H34N2O8. The topological polar surface area (TPSA) is 112 Å². The summed E-state index contributed by atoms with van der Waals surface area (Å²) in [6.07, 6.45) is -0.550. The second kappa shape index (κ2) is 8.38. The Hall–Kier alpha value is -2.20. The second-order valence-electron chi connectivity index (χ2n) is 9.88. The number of carbonyl (C=O) groups is 4. The minimum absolute atomic E-state index is 0.0447. The smallest absolute Gasteiger partial charge is 0.326 e. The molecule has 0 amide bonds. The zero-order valence-corrected chi connectivity index (χ0v) is 19.7. The Morgan fingerprint density at radius 2 is 1.10 bits per heavy atom. The maximum Gasteiger partial charge on any atom is 0.326 e. The van der Waals surface area contributed by atoms with Crippen LogP contribution in [0, 0.1) is 0 Å². The van der Waals surface area contributed by atoms with Gasteiger partial charge in [-0.3, -0.25) is 29.0 Å². The van der Waals surface area contributed by atoms with Gasteiger partial charge in [-0.15, -0.1) is 0 Å². The SMILES string of the molecule is CN1C(C)(COC(=O)CC(=O)OCC2(C)COC(=O)C(C)(C)N2C)COC(=O)C1(C)C. The third kappa shape index (κ3) is 4.85. The fourth-order valence-corrected chi connectivity index (χ4v) is 3.58. The molecule has 2 heterocycles. The molecule has 0 saturated carbocycles. The van der Waals surface area contributed by atoms with E-state index in [2.05, 4.69) is 0 Å². The molecule has 0 radical (unpaired) electrons. The summed E-state index contributed by atoms with van der Waals surface area (Å²) in [5.74, 6) is -2.17. The molecule has 176 valence electrons. The molecular weight excluding hydrogens is 408 g/mol. The molecule has 0 spiro atoms. The van der Waals surface area contributed by atoms with E-state index in [0.717, 1.165) is 0 Å². The van der Waals surface area contributed by atoms with E-state index in [4.69, 9.17) is 18.9 Å². The molecule has 2 rings (SSSR count). The number of rotatable bonds is 6. The molecule has 2 unspecified atom stereocenters. The van der Waals surface area contributed by atoms with Gasteiger partial charge in [0.05, 0.1) is 11.1 Å². The third-order valence-corrected chi connectivity index (χ3v) is 6.70. The van der Waals surface area contributed by atoms with Crippen LogP contribution in [0.3, 0.4) is 0 Å². The normalized spacial score (nSPS) is 30.8. The number of likely N-dealkylation sites (N-methyl/N-ethyl adjacent to an activating group) is 2. The van der Waals surface area contributed by atoms with Crippen LogP contribution in [-0.4, -0.2) is 96.4 Å². The Kier molecular flexibility index (Phi) is 6.78. The minimum Gasteiger partial charge on any atom is -0.463 e. The van der Waals surface area contributed by atoms with Gasteiger partial charge in [-0.1, -0.05) is 0 Å². The van der Waals surface area contributed by atoms with Crippen molar-refractivity contribution in [1.82, 2.24) is 9.80 Å². The number of ether oxygens (including phenoxy) is 4. The average molecular weight is 443 g/mol. The van der Waals surface area contributed by atoms with Gasteiger partial charge in [0.15, 0.2) is 0 Å². The van der Waals surface area contributed by atoms with E-state index >= 15 is 0 Å². The highest BCUT2D eigenvalue weighted by Gasteiger charge is 2.50. The Morgan fingerprint density at radius 1 is 0.774 bits per heavy atom. The van der Waals surface area contributed by atoms with Crippen LogP contribution in [0.25, 0.3) is 0 Å². The average Bonchev–Trinajstić information content (AvgIpc) is 2.69. The molecule has 10 heteroatoms. The number of hydrogen-bond acceptors (Lipinski definition) is 10. The molecule has 10 nitrogen and oxygen atoms in total. The zero-order valence-electron chi connectivity index (χ0n) is 19.7. The van der Waals surface area contributed by atoms with Crippen LogP contribution in [0.1, 0.15) is 48.0 Å². The molecule has 2 saturated heterocycles. The van der Waals surface area contributed by atoms with Crippen molar-refractivity contribution in [2.24, 2.45) is 0 Å². The van der Waals surface area contributed by atoms with Crippen LogP contribution >= 0.6 is 0 Å². The lowest BCUT2D eigenvalue weighted by Crippen LogP contribution is -2.67. The predicted molar refractivity (Wildman–Crippen MR) is 109 cm³/mol. The lowest BCUT2D eigenvalue weighted by atomic mass is 9.91. The van der Waals surface area contributed by atoms with Gasteiger partial charge >= 0.3 is 23.9 Å². The molecule has 2 aliphatic heterocycles. The highest BCUT2D eigenvalue weighted by Crippen LogP contribution is 2.31. The Morgan fingerprint density at radius 3 is 1.42 bits per heavy atom. The fraction of sp³-hybridized carbons (Fsp3) is 0.810. The molecule has 0 N–H and O–H groups in total. The van der Waals surface area contributed by atoms with Crippen molar-refractivity contribution in [3.05, 3.63) is 0 Å². The summed E-state index contributed by atoms with van der Waals surface area (Å²) in [5.41, 5.74) is -3.16. The molecule has 0 aliphatic carbocycles. The van der Waals surface area contributed by atoms with Gasteiger partial charge in [0.25, 0.3) is 0 Å². The summed E-state index contributed by atoms with van der Waals surface area (Å²) in [5, 5.41) is 0. The first-order chi connectivity index (χ1) is 14.1. The van der Waals surface area contributed by atoms with E-state index in [9.17, 15) is 19.2 Å². The van der Waals surface area contributed by atoms with E-state index in [-0.39, 0.29) is 38.4 Å². The first kappa shape index (κ1) is 25.1. The highest BCUT2D eigenvalue weighted by atomic mass is 16.6. The van der Waals surface area contributed by atoms with Gasteiger partial charge in [-0.25, -0.2) is 0 Å². The third-order valence-electron chi connectivity index (χ3n) is 6.70. The molecule has 0 aromatic carbocycles. The van der Waals surface area contributed by atoms with E-state index in [1.807, 2.05) is 13.8 Å². The van der Waals surface area contributed by atoms with E-state index in [0.29, 0.717) is 0 Å². The molecule has 2 fully saturated rings. The van der Waals surface area contributed by atoms with Crippen molar-refractivity contribution in [2.45, 2.75) is 70.1 Å². The highest BCUT2D eigenvalue weighted by molar-refractivity contribution is 5.91. The van der Waals surface area contributed by atoms with E-state index in [1.54, 1.807) is 51.6 Å². The van der Waals surface area contributed by atoms with Gasteiger partial charge in [-0.05, 0) is 55.6 Å². The largest absolute Gasteiger partial charge is 0.463 e. The summed E-state index contributed by atoms with van der Waals surface area (Å²) in [6, 6.07) is 0. The van der Waals surface area contributed by atoms with Gasteiger partial charge in [0.1, 0.15) is 43.9 Å². The quantitative estimate of drug-likeness (QED) is 0.328. The van der Waals surface area contributed by atoms with Gasteiger partial charge in [-0.2, -0.15) is 0 Å². The Balaban J connectivity index is 1.86. The summed E-state index contributed by atoms with van der Waals surface area (Å²) >= 11 is 0. The molecule has 2 atom stereocenters. The van der Waals surface area contributed by atoms with Crippen molar-refractivity contribution in [2.75, 3.05) is 40.5 Å². The summed E-state index contributed by atoms with van der Waals surface area (Å²) in [4.78, 5) is 51.9. The zero-order chi connectivity index (χ0) is 23.8. The monoisotopic (exact) mass is 442 g/mol. The van der Waals surface area contributed by atoms with Gasteiger partial charge < -0.3 is 18.9 Å². The number of carbonyl (C=O) groups excluding carboxylic acids is 4. The minimum atomic E-state index is -0.864. The fourth-order valence-electron chi connectivity index (χ4n) is 3.58. The van der Waals surface area contributed by atoms with Crippen molar-refractivity contribution < 1.29 is 38.1 Å². The molecule has 31 heavy (non-hydrogen) atoms. The summed E-state index contributed by atoms with van der Waals surface area (Å²) in [6.45, 7) is 10.6. The molecule has 2 aliphatic rings. The summed E-state index contributed by atoms with van der Waals surface area (Å²) in [7, 11) is 3.52. The number of cyclic esters (lactones) is 2. The van der Waals surface area contributed by atoms with Crippen molar-refractivity contribution >= 4 is 23.9 Å². The molecule has 0 aromatic rings. The van der Waals surface area contributed by atoms with Gasteiger partial charge in [0, 0.05) is 0 Å². The lowest BCUT2D eigenvalue weighted by molar-refractivity contribution is -0.187. The van der Waals surface area contributed by atoms with E-state index in [1.165, 1.54) is 0 Å². The maximum atomic E-state index is 12.2. The molecule has 0 aromatic heterocycles. The standard InChI is InChI=1S/C21H34N2O8/c1-18(2)16(26)30-12-20(5,22(18)7)10-28-14(24)9-15(25)29-11-21(6)13-31-17(27)19(3,4)23(21)8/h9-13H2,1-8H3. The number of esters is 4. The van der Waals surface area contributed by atoms with Crippen molar-refractivity contribution in [3.63, 3.8) is 0 Å². The molecule has 0 bridgehead atoms. The predicted octanol–water partition coefficient (Wildman–Crippen LogP) is 0.515. The van der Waals surface area contributed by atoms with Crippen LogP contribution in [0.15, 0.2) is 0 Å². The number of hydrogen-bond donors (Lipinski definition) is 0. The number of morpholine rings is 2. The first-order valence-electron chi connectivity index (χ1n) is 10.2. The van der Waals surface area contributed by atoms with Crippen LogP contribution in [0.2, 0.25) is 0 Å². The van der Waals surface area contributed by atoms with Crippen molar-refractivity contribution in [3.8, 4) is 0 Å². The Bertz CT molecular complexity index is 702. The summed E-state index contributed by atoms with van der Waals surface area (Å²) < 4.78 is 21.1. The Labute approximate surface area is 183 Å². The van der Waals surface area contributed by atoms with Crippen LogP contribution < -0.4 is 0 Å². The van der Waals surface area contributed by atoms with Crippen molar-refractivity contribution in [1.29, 1.82) is 0 Å². The van der Waals surface area contributed by atoms with Crippen LogP contribution in [0.4, 0.5) is 0 Å². The van der Waals surface area contributed by atoms with E-state index < -0.39 is 40.5 Å². The van der Waals surface area contributed by atoms with Crippen LogP contribution in [0.5, 0.6) is 0 Å². The van der Waals surface area contributed by atoms with Crippen LogP contribution in [-0.2, 0) is 38.1 Å². The van der Waals surface area contributed by atoms with Gasteiger partial charge in [0.2, 0.25) is 0 Å².